The third kappa shape index (κ3) is 2.41. The predicted octanol–water partition coefficient (Wildman–Crippen LogP) is 4.31. The Balaban J connectivity index is 2.15. The first-order chi connectivity index (χ1) is 12.3. The molecule has 1 aromatic heterocycles. The molecule has 3 nitrogen and oxygen atoms in total. The highest BCUT2D eigenvalue weighted by Gasteiger charge is 2.39. The van der Waals surface area contributed by atoms with Crippen LogP contribution in [-0.2, 0) is 5.54 Å². The number of imidazole rings is 1. The summed E-state index contributed by atoms with van der Waals surface area (Å²) in [7, 11) is 0. The second-order valence-corrected chi connectivity index (χ2v) is 6.00. The smallest absolute Gasteiger partial charge is 0.123 e. The number of hydrogen-bond donors (Lipinski definition) is 1. The highest BCUT2D eigenvalue weighted by atomic mass is 15.1. The van der Waals surface area contributed by atoms with E-state index in [0.29, 0.717) is 0 Å². The normalized spacial score (nSPS) is 11.4. The van der Waals surface area contributed by atoms with Crippen molar-refractivity contribution in [3.05, 3.63) is 120 Å². The third-order valence-corrected chi connectivity index (χ3v) is 4.63. The minimum atomic E-state index is -0.579. The van der Waals surface area contributed by atoms with Crippen LogP contribution in [-0.4, -0.2) is 9.55 Å². The molecule has 0 unspecified atom stereocenters. The molecule has 1 heterocycles. The van der Waals surface area contributed by atoms with Crippen molar-refractivity contribution >= 4 is 5.69 Å². The predicted molar refractivity (Wildman–Crippen MR) is 101 cm³/mol. The number of para-hydroxylation sites is 1. The maximum Gasteiger partial charge on any atom is 0.123 e. The zero-order chi connectivity index (χ0) is 17.1. The standard InChI is InChI=1S/C22H19N3/c23-21-14-8-7-13-20(21)22(25-16-15-24-17-25,18-9-3-1-4-10-18)19-11-5-2-6-12-19/h1-17H,23H2. The summed E-state index contributed by atoms with van der Waals surface area (Å²) in [6, 6.07) is 28.9. The maximum absolute atomic E-state index is 6.45. The van der Waals surface area contributed by atoms with Gasteiger partial charge in [-0.3, -0.25) is 0 Å². The van der Waals surface area contributed by atoms with Crippen molar-refractivity contribution in [3.63, 3.8) is 0 Å². The van der Waals surface area contributed by atoms with Gasteiger partial charge in [-0.2, -0.15) is 0 Å². The Morgan fingerprint density at radius 3 is 1.80 bits per heavy atom. The fourth-order valence-corrected chi connectivity index (χ4v) is 3.56. The van der Waals surface area contributed by atoms with Crippen LogP contribution in [0, 0.1) is 0 Å². The molecule has 0 amide bonds. The molecule has 0 radical (unpaired) electrons. The monoisotopic (exact) mass is 325 g/mol. The first-order valence-corrected chi connectivity index (χ1v) is 8.28. The molecular formula is C22H19N3. The number of rotatable bonds is 4. The van der Waals surface area contributed by atoms with Gasteiger partial charge >= 0.3 is 0 Å². The van der Waals surface area contributed by atoms with E-state index in [2.05, 4.69) is 64.1 Å². The number of nitrogen functional groups attached to an aromatic ring is 1. The van der Waals surface area contributed by atoms with E-state index in [9.17, 15) is 0 Å². The van der Waals surface area contributed by atoms with Gasteiger partial charge in [0.1, 0.15) is 5.54 Å². The summed E-state index contributed by atoms with van der Waals surface area (Å²) in [5.74, 6) is 0. The van der Waals surface area contributed by atoms with Crippen LogP contribution < -0.4 is 5.73 Å². The summed E-state index contributed by atoms with van der Waals surface area (Å²) in [6.07, 6.45) is 5.65. The molecule has 0 aliphatic rings. The number of nitrogens with zero attached hydrogens (tertiary/aromatic N) is 2. The first kappa shape index (κ1) is 15.2. The quantitative estimate of drug-likeness (QED) is 0.449. The molecule has 4 rings (SSSR count). The zero-order valence-corrected chi connectivity index (χ0v) is 13.8. The summed E-state index contributed by atoms with van der Waals surface area (Å²) in [4.78, 5) is 4.32. The molecule has 0 saturated carbocycles. The van der Waals surface area contributed by atoms with Gasteiger partial charge in [0.15, 0.2) is 0 Å². The van der Waals surface area contributed by atoms with E-state index in [-0.39, 0.29) is 0 Å². The Morgan fingerprint density at radius 1 is 0.720 bits per heavy atom. The van der Waals surface area contributed by atoms with Crippen LogP contribution in [0.3, 0.4) is 0 Å². The Hall–Kier alpha value is -3.33. The number of nitrogens with two attached hydrogens (primary N) is 1. The average Bonchev–Trinajstić information content (AvgIpc) is 3.21. The zero-order valence-electron chi connectivity index (χ0n) is 13.8. The molecule has 0 bridgehead atoms. The van der Waals surface area contributed by atoms with E-state index in [0.717, 1.165) is 22.4 Å². The number of aromatic nitrogens is 2. The van der Waals surface area contributed by atoms with Crippen molar-refractivity contribution in [2.24, 2.45) is 0 Å². The molecule has 3 heteroatoms. The molecule has 2 N–H and O–H groups in total. The molecule has 25 heavy (non-hydrogen) atoms. The molecule has 0 fully saturated rings. The molecule has 0 aliphatic heterocycles. The lowest BCUT2D eigenvalue weighted by molar-refractivity contribution is 0.516. The molecule has 0 saturated heterocycles. The van der Waals surface area contributed by atoms with Crippen molar-refractivity contribution in [1.29, 1.82) is 0 Å². The number of benzene rings is 3. The van der Waals surface area contributed by atoms with Gasteiger partial charge in [0.25, 0.3) is 0 Å². The molecule has 0 atom stereocenters. The number of anilines is 1. The van der Waals surface area contributed by atoms with Crippen LogP contribution in [0.15, 0.2) is 104 Å². The first-order valence-electron chi connectivity index (χ1n) is 8.28. The van der Waals surface area contributed by atoms with Gasteiger partial charge in [-0.05, 0) is 17.2 Å². The maximum atomic E-state index is 6.45. The second-order valence-electron chi connectivity index (χ2n) is 6.00. The molecular weight excluding hydrogens is 306 g/mol. The van der Waals surface area contributed by atoms with Crippen molar-refractivity contribution in [2.75, 3.05) is 5.73 Å². The lowest BCUT2D eigenvalue weighted by Gasteiger charge is -2.38. The van der Waals surface area contributed by atoms with Crippen LogP contribution in [0.2, 0.25) is 0 Å². The summed E-state index contributed by atoms with van der Waals surface area (Å²) in [5, 5.41) is 0. The van der Waals surface area contributed by atoms with Gasteiger partial charge < -0.3 is 10.3 Å². The minimum Gasteiger partial charge on any atom is -0.398 e. The van der Waals surface area contributed by atoms with E-state index in [1.807, 2.05) is 42.9 Å². The molecule has 122 valence electrons. The lowest BCUT2D eigenvalue weighted by Crippen LogP contribution is -2.37. The van der Waals surface area contributed by atoms with Crippen molar-refractivity contribution < 1.29 is 0 Å². The van der Waals surface area contributed by atoms with Crippen molar-refractivity contribution in [1.82, 2.24) is 9.55 Å². The topological polar surface area (TPSA) is 43.8 Å². The summed E-state index contributed by atoms with van der Waals surface area (Å²) < 4.78 is 2.13. The van der Waals surface area contributed by atoms with Gasteiger partial charge in [0.2, 0.25) is 0 Å². The Bertz CT molecular complexity index is 906. The highest BCUT2D eigenvalue weighted by molar-refractivity contribution is 5.60. The fraction of sp³-hybridized carbons (Fsp3) is 0.0455. The minimum absolute atomic E-state index is 0.579. The average molecular weight is 325 g/mol. The largest absolute Gasteiger partial charge is 0.398 e. The van der Waals surface area contributed by atoms with E-state index < -0.39 is 5.54 Å². The third-order valence-electron chi connectivity index (χ3n) is 4.63. The lowest BCUT2D eigenvalue weighted by atomic mass is 9.76. The molecule has 3 aromatic carbocycles. The van der Waals surface area contributed by atoms with Gasteiger partial charge in [-0.15, -0.1) is 0 Å². The van der Waals surface area contributed by atoms with Crippen LogP contribution in [0.1, 0.15) is 16.7 Å². The van der Waals surface area contributed by atoms with Gasteiger partial charge in [0, 0.05) is 23.6 Å². The van der Waals surface area contributed by atoms with Gasteiger partial charge in [-0.25, -0.2) is 4.98 Å². The van der Waals surface area contributed by atoms with E-state index in [1.165, 1.54) is 0 Å². The number of hydrogen-bond acceptors (Lipinski definition) is 2. The van der Waals surface area contributed by atoms with Crippen LogP contribution in [0.5, 0.6) is 0 Å². The Labute approximate surface area is 147 Å². The van der Waals surface area contributed by atoms with Crippen LogP contribution in [0.25, 0.3) is 0 Å². The summed E-state index contributed by atoms with van der Waals surface area (Å²) >= 11 is 0. The fourth-order valence-electron chi connectivity index (χ4n) is 3.56. The molecule has 4 aromatic rings. The van der Waals surface area contributed by atoms with Crippen molar-refractivity contribution in [2.45, 2.75) is 5.54 Å². The second kappa shape index (κ2) is 6.29. The molecule has 0 aliphatic carbocycles. The Kier molecular flexibility index (Phi) is 3.82. The van der Waals surface area contributed by atoms with Crippen LogP contribution in [0.4, 0.5) is 5.69 Å². The van der Waals surface area contributed by atoms with E-state index in [1.54, 1.807) is 6.20 Å². The Morgan fingerprint density at radius 2 is 1.28 bits per heavy atom. The SMILES string of the molecule is Nc1ccccc1C(c1ccccc1)(c1ccccc1)n1ccnc1. The molecule has 0 spiro atoms. The highest BCUT2D eigenvalue weighted by Crippen LogP contribution is 2.42. The van der Waals surface area contributed by atoms with Gasteiger partial charge in [-0.1, -0.05) is 78.9 Å². The van der Waals surface area contributed by atoms with Crippen LogP contribution >= 0.6 is 0 Å². The summed E-state index contributed by atoms with van der Waals surface area (Å²) in [6.45, 7) is 0. The van der Waals surface area contributed by atoms with Crippen molar-refractivity contribution in [3.8, 4) is 0 Å². The van der Waals surface area contributed by atoms with E-state index >= 15 is 0 Å². The van der Waals surface area contributed by atoms with E-state index in [4.69, 9.17) is 5.73 Å². The van der Waals surface area contributed by atoms with Gasteiger partial charge in [0.05, 0.1) is 6.33 Å². The summed E-state index contributed by atoms with van der Waals surface area (Å²) in [5.41, 5.74) is 9.93.